The number of para-hydroxylation sites is 1. The SMILES string of the molecule is O=C1c2ccccc2CN1CC(=O)N(Cc1nccs1)c1ccccc1. The maximum atomic E-state index is 13.0. The predicted octanol–water partition coefficient (Wildman–Crippen LogP) is 3.33. The second kappa shape index (κ2) is 7.09. The summed E-state index contributed by atoms with van der Waals surface area (Å²) >= 11 is 1.51. The third-order valence-electron chi connectivity index (χ3n) is 4.37. The summed E-state index contributed by atoms with van der Waals surface area (Å²) in [4.78, 5) is 33.2. The molecule has 0 aliphatic carbocycles. The van der Waals surface area contributed by atoms with Gasteiger partial charge in [-0.2, -0.15) is 0 Å². The summed E-state index contributed by atoms with van der Waals surface area (Å²) in [6.07, 6.45) is 1.73. The van der Waals surface area contributed by atoms with Gasteiger partial charge in [-0.15, -0.1) is 11.3 Å². The van der Waals surface area contributed by atoms with E-state index in [-0.39, 0.29) is 18.4 Å². The van der Waals surface area contributed by atoms with Crippen molar-refractivity contribution >= 4 is 28.8 Å². The number of carbonyl (C=O) groups excluding carboxylic acids is 2. The maximum Gasteiger partial charge on any atom is 0.254 e. The number of amides is 2. The maximum absolute atomic E-state index is 13.0. The van der Waals surface area contributed by atoms with Gasteiger partial charge in [-0.05, 0) is 23.8 Å². The van der Waals surface area contributed by atoms with E-state index < -0.39 is 0 Å². The molecule has 2 heterocycles. The minimum Gasteiger partial charge on any atom is -0.325 e. The Morgan fingerprint density at radius 3 is 2.62 bits per heavy atom. The Balaban J connectivity index is 1.55. The molecule has 0 spiro atoms. The zero-order valence-corrected chi connectivity index (χ0v) is 14.9. The molecule has 26 heavy (non-hydrogen) atoms. The monoisotopic (exact) mass is 363 g/mol. The van der Waals surface area contributed by atoms with E-state index in [4.69, 9.17) is 0 Å². The van der Waals surface area contributed by atoms with E-state index in [9.17, 15) is 9.59 Å². The number of fused-ring (bicyclic) bond motifs is 1. The van der Waals surface area contributed by atoms with E-state index in [1.807, 2.05) is 60.0 Å². The molecule has 3 aromatic rings. The van der Waals surface area contributed by atoms with E-state index in [1.165, 1.54) is 11.3 Å². The van der Waals surface area contributed by atoms with Crippen LogP contribution in [0, 0.1) is 0 Å². The fourth-order valence-corrected chi connectivity index (χ4v) is 3.69. The number of aromatic nitrogens is 1. The van der Waals surface area contributed by atoms with Gasteiger partial charge in [0.05, 0.1) is 6.54 Å². The Morgan fingerprint density at radius 2 is 1.88 bits per heavy atom. The second-order valence-electron chi connectivity index (χ2n) is 6.06. The fourth-order valence-electron chi connectivity index (χ4n) is 3.09. The lowest BCUT2D eigenvalue weighted by atomic mass is 10.1. The first-order valence-corrected chi connectivity index (χ1v) is 9.21. The molecule has 0 saturated carbocycles. The van der Waals surface area contributed by atoms with Crippen LogP contribution in [0.5, 0.6) is 0 Å². The number of benzene rings is 2. The summed E-state index contributed by atoms with van der Waals surface area (Å²) in [6.45, 7) is 0.921. The molecule has 0 unspecified atom stereocenters. The molecule has 1 aliphatic heterocycles. The summed E-state index contributed by atoms with van der Waals surface area (Å²) in [5.74, 6) is -0.205. The fraction of sp³-hybridized carbons (Fsp3) is 0.150. The molecular formula is C20H17N3O2S. The first-order valence-electron chi connectivity index (χ1n) is 8.33. The molecule has 0 N–H and O–H groups in total. The van der Waals surface area contributed by atoms with Crippen LogP contribution in [-0.2, 0) is 17.9 Å². The third kappa shape index (κ3) is 3.23. The molecule has 1 aromatic heterocycles. The van der Waals surface area contributed by atoms with Crippen LogP contribution >= 0.6 is 11.3 Å². The summed E-state index contributed by atoms with van der Waals surface area (Å²) < 4.78 is 0. The second-order valence-corrected chi connectivity index (χ2v) is 7.04. The molecule has 6 heteroatoms. The predicted molar refractivity (Wildman–Crippen MR) is 101 cm³/mol. The van der Waals surface area contributed by atoms with Gasteiger partial charge in [0.1, 0.15) is 11.6 Å². The van der Waals surface area contributed by atoms with Crippen molar-refractivity contribution in [3.05, 3.63) is 82.3 Å². The zero-order chi connectivity index (χ0) is 17.9. The third-order valence-corrected chi connectivity index (χ3v) is 5.13. The normalized spacial score (nSPS) is 12.9. The highest BCUT2D eigenvalue weighted by atomic mass is 32.1. The summed E-state index contributed by atoms with van der Waals surface area (Å²) in [5.41, 5.74) is 2.46. The van der Waals surface area contributed by atoms with Gasteiger partial charge in [-0.1, -0.05) is 36.4 Å². The molecule has 0 fully saturated rings. The van der Waals surface area contributed by atoms with Gasteiger partial charge in [-0.25, -0.2) is 4.98 Å². The highest BCUT2D eigenvalue weighted by Crippen LogP contribution is 2.24. The van der Waals surface area contributed by atoms with Crippen LogP contribution in [0.15, 0.2) is 66.2 Å². The van der Waals surface area contributed by atoms with Gasteiger partial charge < -0.3 is 9.80 Å². The summed E-state index contributed by atoms with van der Waals surface area (Å²) in [6, 6.07) is 17.0. The van der Waals surface area contributed by atoms with Crippen LogP contribution in [0.4, 0.5) is 5.69 Å². The van der Waals surface area contributed by atoms with E-state index in [0.29, 0.717) is 18.7 Å². The van der Waals surface area contributed by atoms with Crippen LogP contribution in [0.1, 0.15) is 20.9 Å². The quantitative estimate of drug-likeness (QED) is 0.699. The van der Waals surface area contributed by atoms with Gasteiger partial charge >= 0.3 is 0 Å². The van der Waals surface area contributed by atoms with E-state index in [2.05, 4.69) is 4.98 Å². The van der Waals surface area contributed by atoms with Gasteiger partial charge in [0, 0.05) is 29.4 Å². The molecule has 130 valence electrons. The Hall–Kier alpha value is -2.99. The van der Waals surface area contributed by atoms with Crippen LogP contribution in [0.2, 0.25) is 0 Å². The van der Waals surface area contributed by atoms with Crippen molar-refractivity contribution in [3.8, 4) is 0 Å². The Kier molecular flexibility index (Phi) is 4.50. The molecule has 2 amide bonds. The van der Waals surface area contributed by atoms with Crippen molar-refractivity contribution in [2.45, 2.75) is 13.1 Å². The van der Waals surface area contributed by atoms with E-state index in [0.717, 1.165) is 16.3 Å². The average molecular weight is 363 g/mol. The molecule has 0 bridgehead atoms. The molecule has 0 saturated heterocycles. The Morgan fingerprint density at radius 1 is 1.12 bits per heavy atom. The van der Waals surface area contributed by atoms with Gasteiger partial charge in [0.25, 0.3) is 5.91 Å². The minimum absolute atomic E-state index is 0.0494. The van der Waals surface area contributed by atoms with Gasteiger partial charge in [0.15, 0.2) is 0 Å². The lowest BCUT2D eigenvalue weighted by molar-refractivity contribution is -0.119. The molecule has 0 radical (unpaired) electrons. The highest BCUT2D eigenvalue weighted by molar-refractivity contribution is 7.09. The van der Waals surface area contributed by atoms with Crippen LogP contribution in [-0.4, -0.2) is 28.2 Å². The van der Waals surface area contributed by atoms with Crippen molar-refractivity contribution in [3.63, 3.8) is 0 Å². The molecule has 5 nitrogen and oxygen atoms in total. The highest BCUT2D eigenvalue weighted by Gasteiger charge is 2.30. The number of nitrogens with zero attached hydrogens (tertiary/aromatic N) is 3. The van der Waals surface area contributed by atoms with Gasteiger partial charge in [0.2, 0.25) is 5.91 Å². The lowest BCUT2D eigenvalue weighted by Crippen LogP contribution is -2.40. The van der Waals surface area contributed by atoms with Crippen molar-refractivity contribution in [1.29, 1.82) is 0 Å². The zero-order valence-electron chi connectivity index (χ0n) is 14.0. The average Bonchev–Trinajstić information content (AvgIpc) is 3.29. The molecule has 2 aromatic carbocycles. The Bertz CT molecular complexity index is 925. The lowest BCUT2D eigenvalue weighted by Gasteiger charge is -2.25. The first-order chi connectivity index (χ1) is 12.7. The summed E-state index contributed by atoms with van der Waals surface area (Å²) in [7, 11) is 0. The van der Waals surface area contributed by atoms with Crippen molar-refractivity contribution in [2.75, 3.05) is 11.4 Å². The molecular weight excluding hydrogens is 346 g/mol. The number of thiazole rings is 1. The molecule has 0 atom stereocenters. The first kappa shape index (κ1) is 16.5. The summed E-state index contributed by atoms with van der Waals surface area (Å²) in [5, 5.41) is 2.75. The standard InChI is InChI=1S/C20H17N3O2S/c24-19(14-22-12-15-6-4-5-9-17(15)20(22)25)23(13-18-21-10-11-26-18)16-7-2-1-3-8-16/h1-11H,12-14H2. The van der Waals surface area contributed by atoms with E-state index in [1.54, 1.807) is 16.0 Å². The largest absolute Gasteiger partial charge is 0.325 e. The smallest absolute Gasteiger partial charge is 0.254 e. The topological polar surface area (TPSA) is 53.5 Å². The number of anilines is 1. The Labute approximate surface area is 155 Å². The number of hydrogen-bond acceptors (Lipinski definition) is 4. The van der Waals surface area contributed by atoms with E-state index >= 15 is 0 Å². The van der Waals surface area contributed by atoms with Gasteiger partial charge in [-0.3, -0.25) is 9.59 Å². The van der Waals surface area contributed by atoms with Crippen LogP contribution < -0.4 is 4.90 Å². The molecule has 1 aliphatic rings. The molecule has 4 rings (SSSR count). The van der Waals surface area contributed by atoms with Crippen LogP contribution in [0.25, 0.3) is 0 Å². The minimum atomic E-state index is -0.118. The van der Waals surface area contributed by atoms with Crippen molar-refractivity contribution in [2.24, 2.45) is 0 Å². The number of rotatable bonds is 5. The van der Waals surface area contributed by atoms with Crippen molar-refractivity contribution < 1.29 is 9.59 Å². The van der Waals surface area contributed by atoms with Crippen molar-refractivity contribution in [1.82, 2.24) is 9.88 Å². The van der Waals surface area contributed by atoms with Crippen LogP contribution in [0.3, 0.4) is 0 Å². The number of hydrogen-bond donors (Lipinski definition) is 0. The number of carbonyl (C=O) groups is 2.